The lowest BCUT2D eigenvalue weighted by molar-refractivity contribution is 0.0254. The van der Waals surface area contributed by atoms with Crippen LogP contribution in [0.5, 0.6) is 0 Å². The summed E-state index contributed by atoms with van der Waals surface area (Å²) >= 11 is 1.52. The van der Waals surface area contributed by atoms with E-state index < -0.39 is 0 Å². The summed E-state index contributed by atoms with van der Waals surface area (Å²) in [6.07, 6.45) is 6.11. The van der Waals surface area contributed by atoms with Crippen LogP contribution in [0.1, 0.15) is 85.7 Å². The first-order valence-corrected chi connectivity index (χ1v) is 11.7. The Morgan fingerprint density at radius 2 is 2.07 bits per heavy atom. The van der Waals surface area contributed by atoms with Crippen LogP contribution < -0.4 is 5.32 Å². The summed E-state index contributed by atoms with van der Waals surface area (Å²) < 4.78 is 0. The van der Waals surface area contributed by atoms with Gasteiger partial charge in [-0.05, 0) is 76.5 Å². The maximum absolute atomic E-state index is 12.5. The van der Waals surface area contributed by atoms with Crippen molar-refractivity contribution in [1.82, 2.24) is 5.32 Å². The molecule has 28 heavy (non-hydrogen) atoms. The van der Waals surface area contributed by atoms with Crippen LogP contribution in [0.3, 0.4) is 0 Å². The number of amides is 1. The van der Waals surface area contributed by atoms with Gasteiger partial charge in [0.25, 0.3) is 5.91 Å². The SMILES string of the molecule is CC(C)c1ccc2c(c1)C1(C)CCCC(C)(CNC(=O)c3cccs3)C1CC2. The Morgan fingerprint density at radius 3 is 2.79 bits per heavy atom. The number of carbonyl (C=O) groups is 1. The molecule has 2 aromatic rings. The number of hydrogen-bond donors (Lipinski definition) is 1. The fraction of sp³-hybridized carbons (Fsp3) is 0.560. The Morgan fingerprint density at radius 1 is 1.25 bits per heavy atom. The van der Waals surface area contributed by atoms with Crippen LogP contribution in [0.25, 0.3) is 0 Å². The minimum atomic E-state index is 0.0850. The third-order valence-electron chi connectivity index (χ3n) is 7.57. The third-order valence-corrected chi connectivity index (χ3v) is 8.44. The zero-order valence-electron chi connectivity index (χ0n) is 17.7. The minimum Gasteiger partial charge on any atom is -0.351 e. The molecule has 150 valence electrons. The standard InChI is InChI=1S/C25H33NOS/c1-17(2)19-9-8-18-10-11-22-24(3,12-6-13-25(22,4)20(18)15-19)16-26-23(27)21-7-5-14-28-21/h5,7-9,14-15,17,22H,6,10-13,16H2,1-4H3,(H,26,27). The predicted molar refractivity (Wildman–Crippen MR) is 118 cm³/mol. The molecule has 1 N–H and O–H groups in total. The second-order valence-corrected chi connectivity index (χ2v) is 10.7. The molecule has 1 saturated carbocycles. The van der Waals surface area contributed by atoms with E-state index >= 15 is 0 Å². The molecule has 1 aromatic carbocycles. The summed E-state index contributed by atoms with van der Waals surface area (Å²) in [4.78, 5) is 13.4. The van der Waals surface area contributed by atoms with Crippen molar-refractivity contribution in [3.05, 3.63) is 57.3 Å². The summed E-state index contributed by atoms with van der Waals surface area (Å²) in [6, 6.07) is 11.1. The van der Waals surface area contributed by atoms with Crippen LogP contribution in [-0.2, 0) is 11.8 Å². The van der Waals surface area contributed by atoms with Crippen LogP contribution in [0.15, 0.2) is 35.7 Å². The lowest BCUT2D eigenvalue weighted by atomic mass is 9.49. The zero-order chi connectivity index (χ0) is 19.9. The van der Waals surface area contributed by atoms with Gasteiger partial charge in [0.1, 0.15) is 0 Å². The largest absolute Gasteiger partial charge is 0.351 e. The van der Waals surface area contributed by atoms with Gasteiger partial charge >= 0.3 is 0 Å². The van der Waals surface area contributed by atoms with E-state index in [1.807, 2.05) is 17.5 Å². The summed E-state index contributed by atoms with van der Waals surface area (Å²) in [5, 5.41) is 5.24. The summed E-state index contributed by atoms with van der Waals surface area (Å²) in [5.41, 5.74) is 4.98. The number of hydrogen-bond acceptors (Lipinski definition) is 2. The average Bonchev–Trinajstić information content (AvgIpc) is 3.20. The lowest BCUT2D eigenvalue weighted by Gasteiger charge is -2.55. The van der Waals surface area contributed by atoms with Gasteiger partial charge in [0.2, 0.25) is 0 Å². The zero-order valence-corrected chi connectivity index (χ0v) is 18.5. The number of thiophene rings is 1. The molecule has 2 nitrogen and oxygen atoms in total. The van der Waals surface area contributed by atoms with E-state index in [9.17, 15) is 4.79 Å². The maximum atomic E-state index is 12.5. The molecule has 1 heterocycles. The second kappa shape index (κ2) is 7.33. The van der Waals surface area contributed by atoms with Crippen molar-refractivity contribution in [2.45, 2.75) is 71.1 Å². The van der Waals surface area contributed by atoms with E-state index in [0.717, 1.165) is 11.4 Å². The van der Waals surface area contributed by atoms with Crippen LogP contribution in [0, 0.1) is 11.3 Å². The molecule has 0 saturated heterocycles. The maximum Gasteiger partial charge on any atom is 0.261 e. The van der Waals surface area contributed by atoms with Crippen LogP contribution in [0.4, 0.5) is 0 Å². The van der Waals surface area contributed by atoms with Crippen LogP contribution >= 0.6 is 11.3 Å². The molecule has 0 spiro atoms. The summed E-state index contributed by atoms with van der Waals surface area (Å²) in [7, 11) is 0. The Bertz CT molecular complexity index is 855. The molecule has 2 aliphatic carbocycles. The van der Waals surface area contributed by atoms with Crippen molar-refractivity contribution >= 4 is 17.2 Å². The van der Waals surface area contributed by atoms with Gasteiger partial charge in [-0.25, -0.2) is 0 Å². The van der Waals surface area contributed by atoms with Gasteiger partial charge in [-0.1, -0.05) is 58.4 Å². The number of benzene rings is 1. The third kappa shape index (κ3) is 3.32. The van der Waals surface area contributed by atoms with Gasteiger partial charge < -0.3 is 5.32 Å². The Kier molecular flexibility index (Phi) is 5.16. The van der Waals surface area contributed by atoms with E-state index in [0.29, 0.717) is 11.8 Å². The molecule has 1 amide bonds. The van der Waals surface area contributed by atoms with Crippen molar-refractivity contribution in [2.24, 2.45) is 11.3 Å². The fourth-order valence-electron chi connectivity index (χ4n) is 5.96. The van der Waals surface area contributed by atoms with Crippen molar-refractivity contribution in [3.63, 3.8) is 0 Å². The lowest BCUT2D eigenvalue weighted by Crippen LogP contribution is -2.53. The summed E-state index contributed by atoms with van der Waals surface area (Å²) in [6.45, 7) is 10.3. The van der Waals surface area contributed by atoms with Crippen LogP contribution in [0.2, 0.25) is 0 Å². The Balaban J connectivity index is 1.61. The highest BCUT2D eigenvalue weighted by molar-refractivity contribution is 7.12. The number of nitrogens with one attached hydrogen (secondary N) is 1. The first kappa shape index (κ1) is 19.7. The number of rotatable bonds is 4. The first-order chi connectivity index (χ1) is 13.3. The first-order valence-electron chi connectivity index (χ1n) is 10.8. The van der Waals surface area contributed by atoms with E-state index in [1.165, 1.54) is 49.0 Å². The van der Waals surface area contributed by atoms with Gasteiger partial charge in [-0.2, -0.15) is 0 Å². The molecule has 3 atom stereocenters. The molecule has 2 aliphatic rings. The normalized spacial score (nSPS) is 29.2. The smallest absolute Gasteiger partial charge is 0.261 e. The average molecular weight is 396 g/mol. The van der Waals surface area contributed by atoms with E-state index in [4.69, 9.17) is 0 Å². The van der Waals surface area contributed by atoms with E-state index in [-0.39, 0.29) is 16.7 Å². The molecular weight excluding hydrogens is 362 g/mol. The highest BCUT2D eigenvalue weighted by Crippen LogP contribution is 2.57. The predicted octanol–water partition coefficient (Wildman–Crippen LogP) is 6.31. The number of carbonyl (C=O) groups excluding carboxylic acids is 1. The minimum absolute atomic E-state index is 0.0850. The monoisotopic (exact) mass is 395 g/mol. The van der Waals surface area contributed by atoms with Crippen molar-refractivity contribution in [1.29, 1.82) is 0 Å². The van der Waals surface area contributed by atoms with Crippen LogP contribution in [-0.4, -0.2) is 12.5 Å². The highest BCUT2D eigenvalue weighted by Gasteiger charge is 2.51. The topological polar surface area (TPSA) is 29.1 Å². The number of fused-ring (bicyclic) bond motifs is 3. The Labute approximate surface area is 173 Å². The Hall–Kier alpha value is -1.61. The molecule has 0 radical (unpaired) electrons. The fourth-order valence-corrected chi connectivity index (χ4v) is 6.60. The van der Waals surface area contributed by atoms with Gasteiger partial charge in [0, 0.05) is 6.54 Å². The molecule has 0 bridgehead atoms. The molecule has 0 aliphatic heterocycles. The van der Waals surface area contributed by atoms with Gasteiger partial charge in [0.15, 0.2) is 0 Å². The van der Waals surface area contributed by atoms with Crippen molar-refractivity contribution in [2.75, 3.05) is 6.54 Å². The summed E-state index contributed by atoms with van der Waals surface area (Å²) in [5.74, 6) is 1.27. The second-order valence-electron chi connectivity index (χ2n) is 9.75. The van der Waals surface area contributed by atoms with Gasteiger partial charge in [0.05, 0.1) is 4.88 Å². The molecule has 4 rings (SSSR count). The van der Waals surface area contributed by atoms with E-state index in [2.05, 4.69) is 51.2 Å². The van der Waals surface area contributed by atoms with E-state index in [1.54, 1.807) is 11.1 Å². The quantitative estimate of drug-likeness (QED) is 0.645. The highest BCUT2D eigenvalue weighted by atomic mass is 32.1. The molecule has 1 aromatic heterocycles. The molecule has 3 unspecified atom stereocenters. The van der Waals surface area contributed by atoms with Crippen molar-refractivity contribution < 1.29 is 4.79 Å². The van der Waals surface area contributed by atoms with Crippen molar-refractivity contribution in [3.8, 4) is 0 Å². The molecule has 3 heteroatoms. The molecular formula is C25H33NOS. The van der Waals surface area contributed by atoms with Gasteiger partial charge in [-0.15, -0.1) is 11.3 Å². The number of aryl methyl sites for hydroxylation is 1. The molecule has 1 fully saturated rings. The van der Waals surface area contributed by atoms with Gasteiger partial charge in [-0.3, -0.25) is 4.79 Å².